The highest BCUT2D eigenvalue weighted by Gasteiger charge is 2.37. The zero-order valence-corrected chi connectivity index (χ0v) is 17.8. The molecule has 2 aromatic carbocycles. The summed E-state index contributed by atoms with van der Waals surface area (Å²) in [7, 11) is -3.59. The molecule has 1 fully saturated rings. The summed E-state index contributed by atoms with van der Waals surface area (Å²) in [6, 6.07) is 10.3. The summed E-state index contributed by atoms with van der Waals surface area (Å²) in [5.74, 6) is 0.759. The van der Waals surface area contributed by atoms with E-state index in [1.807, 2.05) is 6.07 Å². The Kier molecular flexibility index (Phi) is 4.88. The minimum Gasteiger partial charge on any atom is -0.493 e. The number of ether oxygens (including phenoxy) is 2. The van der Waals surface area contributed by atoms with E-state index in [1.54, 1.807) is 35.2 Å². The fraction of sp³-hybridized carbons (Fsp3) is 0.381. The van der Waals surface area contributed by atoms with Crippen LogP contribution >= 0.6 is 11.6 Å². The molecule has 9 heteroatoms. The van der Waals surface area contributed by atoms with Crippen molar-refractivity contribution in [3.63, 3.8) is 0 Å². The molecular weight excluding hydrogens is 428 g/mol. The summed E-state index contributed by atoms with van der Waals surface area (Å²) in [6.07, 6.45) is 1.39. The summed E-state index contributed by atoms with van der Waals surface area (Å²) in [4.78, 5) is 14.4. The first-order valence-electron chi connectivity index (χ1n) is 9.94. The second-order valence-electron chi connectivity index (χ2n) is 7.70. The lowest BCUT2D eigenvalue weighted by Gasteiger charge is -2.39. The molecule has 3 heterocycles. The number of hydrogen-bond acceptors (Lipinski definition) is 5. The number of carbonyl (C=O) groups is 1. The molecule has 0 saturated carbocycles. The first-order valence-corrected chi connectivity index (χ1v) is 11.8. The molecule has 0 radical (unpaired) electrons. The van der Waals surface area contributed by atoms with Gasteiger partial charge in [0.25, 0.3) is 0 Å². The number of benzene rings is 2. The highest BCUT2D eigenvalue weighted by molar-refractivity contribution is 7.89. The third kappa shape index (κ3) is 3.33. The number of fused-ring (bicyclic) bond motifs is 2. The number of sulfonamides is 1. The monoisotopic (exact) mass is 448 g/mol. The van der Waals surface area contributed by atoms with Crippen LogP contribution in [0.5, 0.6) is 5.75 Å². The van der Waals surface area contributed by atoms with Crippen LogP contribution in [-0.2, 0) is 27.8 Å². The molecule has 7 nitrogen and oxygen atoms in total. The standard InChI is InChI=1S/C21H21ClN2O5S/c22-16-1-3-19-15(11-16)13-29-21(25)24(19)17-5-8-23(9-6-17)30(26,27)18-2-4-20-14(12-18)7-10-28-20/h1-4,11-12,17H,5-10,13H2. The van der Waals surface area contributed by atoms with Gasteiger partial charge >= 0.3 is 6.09 Å². The fourth-order valence-corrected chi connectivity index (χ4v) is 6.09. The van der Waals surface area contributed by atoms with Crippen molar-refractivity contribution in [1.29, 1.82) is 0 Å². The number of hydrogen-bond donors (Lipinski definition) is 0. The molecule has 3 aliphatic heterocycles. The first kappa shape index (κ1) is 19.7. The van der Waals surface area contributed by atoms with Crippen molar-refractivity contribution in [3.05, 3.63) is 52.5 Å². The molecule has 0 unspecified atom stereocenters. The quantitative estimate of drug-likeness (QED) is 0.717. The Morgan fingerprint density at radius 1 is 1.00 bits per heavy atom. The number of nitrogens with zero attached hydrogens (tertiary/aromatic N) is 2. The maximum absolute atomic E-state index is 13.1. The predicted molar refractivity (Wildman–Crippen MR) is 112 cm³/mol. The number of amides is 1. The molecule has 0 atom stereocenters. The average Bonchev–Trinajstić information content (AvgIpc) is 3.22. The SMILES string of the molecule is O=C1OCc2cc(Cl)ccc2N1C1CCN(S(=O)(=O)c2ccc3c(c2)CCO3)CC1. The van der Waals surface area contributed by atoms with Crippen molar-refractivity contribution in [2.24, 2.45) is 0 Å². The predicted octanol–water partition coefficient (Wildman–Crippen LogP) is 3.58. The van der Waals surface area contributed by atoms with Crippen molar-refractivity contribution in [1.82, 2.24) is 4.31 Å². The molecule has 0 aliphatic carbocycles. The Hall–Kier alpha value is -2.29. The van der Waals surface area contributed by atoms with Crippen LogP contribution in [0, 0.1) is 0 Å². The number of rotatable bonds is 3. The Morgan fingerprint density at radius 2 is 1.80 bits per heavy atom. The van der Waals surface area contributed by atoms with Crippen molar-refractivity contribution in [2.75, 3.05) is 24.6 Å². The van der Waals surface area contributed by atoms with Gasteiger partial charge in [-0.1, -0.05) is 11.6 Å². The van der Waals surface area contributed by atoms with Crippen LogP contribution in [0.15, 0.2) is 41.3 Å². The number of piperidine rings is 1. The smallest absolute Gasteiger partial charge is 0.414 e. The van der Waals surface area contributed by atoms with Crippen LogP contribution < -0.4 is 9.64 Å². The molecule has 3 aliphatic rings. The van der Waals surface area contributed by atoms with Crippen LogP contribution in [0.25, 0.3) is 0 Å². The third-order valence-electron chi connectivity index (χ3n) is 5.94. The van der Waals surface area contributed by atoms with E-state index < -0.39 is 16.1 Å². The molecular formula is C21H21ClN2O5S. The van der Waals surface area contributed by atoms with Crippen LogP contribution in [0.4, 0.5) is 10.5 Å². The van der Waals surface area contributed by atoms with Gasteiger partial charge in [-0.2, -0.15) is 4.31 Å². The van der Waals surface area contributed by atoms with Crippen molar-refractivity contribution in [2.45, 2.75) is 36.8 Å². The summed E-state index contributed by atoms with van der Waals surface area (Å²) in [5.41, 5.74) is 2.57. The number of cyclic esters (lactones) is 1. The van der Waals surface area contributed by atoms with E-state index in [0.29, 0.717) is 42.5 Å². The molecule has 1 amide bonds. The summed E-state index contributed by atoms with van der Waals surface area (Å²) in [5, 5.41) is 0.590. The zero-order chi connectivity index (χ0) is 20.9. The minimum atomic E-state index is -3.59. The number of carbonyl (C=O) groups excluding carboxylic acids is 1. The van der Waals surface area contributed by atoms with E-state index in [0.717, 1.165) is 29.0 Å². The van der Waals surface area contributed by atoms with E-state index in [2.05, 4.69) is 0 Å². The van der Waals surface area contributed by atoms with Crippen LogP contribution in [0.2, 0.25) is 5.02 Å². The Labute approximate surface area is 180 Å². The lowest BCUT2D eigenvalue weighted by Crippen LogP contribution is -2.50. The van der Waals surface area contributed by atoms with Gasteiger partial charge in [-0.3, -0.25) is 4.90 Å². The maximum Gasteiger partial charge on any atom is 0.414 e. The number of halogens is 1. The Morgan fingerprint density at radius 3 is 2.60 bits per heavy atom. The summed E-state index contributed by atoms with van der Waals surface area (Å²) < 4.78 is 38.6. The van der Waals surface area contributed by atoms with Crippen LogP contribution in [-0.4, -0.2) is 44.6 Å². The third-order valence-corrected chi connectivity index (χ3v) is 8.07. The molecule has 0 spiro atoms. The molecule has 1 saturated heterocycles. The topological polar surface area (TPSA) is 76.2 Å². The summed E-state index contributed by atoms with van der Waals surface area (Å²) in [6.45, 7) is 1.46. The van der Waals surface area contributed by atoms with Crippen molar-refractivity contribution >= 4 is 33.4 Å². The lowest BCUT2D eigenvalue weighted by molar-refractivity contribution is 0.136. The molecule has 5 rings (SSSR count). The van der Waals surface area contributed by atoms with Gasteiger partial charge in [0.15, 0.2) is 0 Å². The van der Waals surface area contributed by atoms with Gasteiger partial charge in [-0.15, -0.1) is 0 Å². The molecule has 0 bridgehead atoms. The van der Waals surface area contributed by atoms with Crippen molar-refractivity contribution in [3.8, 4) is 5.75 Å². The van der Waals surface area contributed by atoms with Crippen LogP contribution in [0.3, 0.4) is 0 Å². The van der Waals surface area contributed by atoms with E-state index in [4.69, 9.17) is 21.1 Å². The van der Waals surface area contributed by atoms with Gasteiger partial charge < -0.3 is 9.47 Å². The highest BCUT2D eigenvalue weighted by atomic mass is 35.5. The van der Waals surface area contributed by atoms with Crippen molar-refractivity contribution < 1.29 is 22.7 Å². The molecule has 0 aromatic heterocycles. The zero-order valence-electron chi connectivity index (χ0n) is 16.2. The highest BCUT2D eigenvalue weighted by Crippen LogP contribution is 2.35. The lowest BCUT2D eigenvalue weighted by atomic mass is 10.0. The van der Waals surface area contributed by atoms with Gasteiger partial charge in [-0.25, -0.2) is 13.2 Å². The molecule has 0 N–H and O–H groups in total. The van der Waals surface area contributed by atoms with E-state index >= 15 is 0 Å². The second kappa shape index (κ2) is 7.44. The van der Waals surface area contributed by atoms with Gasteiger partial charge in [0.05, 0.1) is 17.2 Å². The van der Waals surface area contributed by atoms with E-state index in [9.17, 15) is 13.2 Å². The normalized spacial score (nSPS) is 19.8. The van der Waals surface area contributed by atoms with Gasteiger partial charge in [-0.05, 0) is 54.8 Å². The first-order chi connectivity index (χ1) is 14.4. The number of anilines is 1. The van der Waals surface area contributed by atoms with E-state index in [-0.39, 0.29) is 12.6 Å². The van der Waals surface area contributed by atoms with Crippen LogP contribution in [0.1, 0.15) is 24.0 Å². The van der Waals surface area contributed by atoms with Gasteiger partial charge in [0, 0.05) is 36.1 Å². The van der Waals surface area contributed by atoms with E-state index in [1.165, 1.54) is 4.31 Å². The summed E-state index contributed by atoms with van der Waals surface area (Å²) >= 11 is 6.07. The molecule has 2 aromatic rings. The average molecular weight is 449 g/mol. The second-order valence-corrected chi connectivity index (χ2v) is 10.1. The van der Waals surface area contributed by atoms with Gasteiger partial charge in [0.2, 0.25) is 10.0 Å². The molecule has 158 valence electrons. The Bertz CT molecular complexity index is 1110. The van der Waals surface area contributed by atoms with Gasteiger partial charge in [0.1, 0.15) is 12.4 Å². The largest absolute Gasteiger partial charge is 0.493 e. The molecule has 30 heavy (non-hydrogen) atoms. The minimum absolute atomic E-state index is 0.127. The fourth-order valence-electron chi connectivity index (χ4n) is 4.37. The Balaban J connectivity index is 1.34. The maximum atomic E-state index is 13.1.